The van der Waals surface area contributed by atoms with Crippen LogP contribution in [0.3, 0.4) is 0 Å². The van der Waals surface area contributed by atoms with Gasteiger partial charge in [0, 0.05) is 11.1 Å². The highest BCUT2D eigenvalue weighted by Crippen LogP contribution is 2.34. The lowest BCUT2D eigenvalue weighted by molar-refractivity contribution is 0.485. The third kappa shape index (κ3) is 2.67. The van der Waals surface area contributed by atoms with Crippen molar-refractivity contribution < 1.29 is 4.74 Å². The van der Waals surface area contributed by atoms with E-state index >= 15 is 0 Å². The standard InChI is InChI=1S/C13H8Cl2N2O/c14-9-2-3-11(17)13(6-9)18-12-4-1-8(7-16)5-10(12)15/h1-6H,17H2. The first-order valence-corrected chi connectivity index (χ1v) is 5.78. The molecule has 0 saturated carbocycles. The van der Waals surface area contributed by atoms with E-state index in [9.17, 15) is 0 Å². The third-order valence-electron chi connectivity index (χ3n) is 2.26. The van der Waals surface area contributed by atoms with Gasteiger partial charge >= 0.3 is 0 Å². The first-order chi connectivity index (χ1) is 8.60. The second-order valence-corrected chi connectivity index (χ2v) is 4.38. The highest BCUT2D eigenvalue weighted by molar-refractivity contribution is 6.32. The Morgan fingerprint density at radius 2 is 1.83 bits per heavy atom. The van der Waals surface area contributed by atoms with Gasteiger partial charge in [0.1, 0.15) is 5.75 Å². The van der Waals surface area contributed by atoms with Gasteiger partial charge in [0.25, 0.3) is 0 Å². The molecule has 0 fully saturated rings. The molecule has 0 aromatic heterocycles. The summed E-state index contributed by atoms with van der Waals surface area (Å²) in [6.07, 6.45) is 0. The maximum Gasteiger partial charge on any atom is 0.151 e. The number of ether oxygens (including phenoxy) is 1. The van der Waals surface area contributed by atoms with Crippen LogP contribution in [-0.2, 0) is 0 Å². The number of anilines is 1. The van der Waals surface area contributed by atoms with Crippen LogP contribution in [0.15, 0.2) is 36.4 Å². The molecule has 18 heavy (non-hydrogen) atoms. The summed E-state index contributed by atoms with van der Waals surface area (Å²) in [6, 6.07) is 11.7. The van der Waals surface area contributed by atoms with Crippen molar-refractivity contribution in [2.45, 2.75) is 0 Å². The molecule has 0 aliphatic rings. The lowest BCUT2D eigenvalue weighted by atomic mass is 10.2. The summed E-state index contributed by atoms with van der Waals surface area (Å²) in [5.74, 6) is 0.846. The minimum Gasteiger partial charge on any atom is -0.454 e. The normalized spacial score (nSPS) is 9.83. The summed E-state index contributed by atoms with van der Waals surface area (Å²) in [6.45, 7) is 0. The van der Waals surface area contributed by atoms with E-state index in [1.54, 1.807) is 30.3 Å². The zero-order valence-corrected chi connectivity index (χ0v) is 10.7. The molecule has 0 amide bonds. The van der Waals surface area contributed by atoms with Crippen molar-refractivity contribution in [3.05, 3.63) is 52.0 Å². The van der Waals surface area contributed by atoms with Crippen molar-refractivity contribution in [1.82, 2.24) is 0 Å². The molecule has 0 heterocycles. The van der Waals surface area contributed by atoms with Gasteiger partial charge in [-0.3, -0.25) is 0 Å². The Hall–Kier alpha value is -1.89. The number of halogens is 2. The van der Waals surface area contributed by atoms with Crippen molar-refractivity contribution in [3.8, 4) is 17.6 Å². The molecule has 0 saturated heterocycles. The first-order valence-electron chi connectivity index (χ1n) is 5.02. The fourth-order valence-corrected chi connectivity index (χ4v) is 1.75. The van der Waals surface area contributed by atoms with Crippen LogP contribution in [0.1, 0.15) is 5.56 Å². The molecule has 0 radical (unpaired) electrons. The quantitative estimate of drug-likeness (QED) is 0.836. The van der Waals surface area contributed by atoms with Crippen LogP contribution in [-0.4, -0.2) is 0 Å². The number of nitrogens with zero attached hydrogens (tertiary/aromatic N) is 1. The average Bonchev–Trinajstić information content (AvgIpc) is 2.36. The number of nitriles is 1. The van der Waals surface area contributed by atoms with E-state index in [1.165, 1.54) is 6.07 Å². The van der Waals surface area contributed by atoms with Crippen LogP contribution in [0, 0.1) is 11.3 Å². The summed E-state index contributed by atoms with van der Waals surface area (Å²) >= 11 is 11.9. The highest BCUT2D eigenvalue weighted by atomic mass is 35.5. The molecular formula is C13H8Cl2N2O. The second-order valence-electron chi connectivity index (χ2n) is 3.54. The molecular weight excluding hydrogens is 271 g/mol. The van der Waals surface area contributed by atoms with Crippen molar-refractivity contribution in [3.63, 3.8) is 0 Å². The molecule has 2 rings (SSSR count). The molecule has 5 heteroatoms. The Labute approximate surface area is 114 Å². The minimum absolute atomic E-state index is 0.341. The van der Waals surface area contributed by atoms with Crippen LogP contribution >= 0.6 is 23.2 Å². The number of hydrogen-bond donors (Lipinski definition) is 1. The van der Waals surface area contributed by atoms with E-state index in [4.69, 9.17) is 38.9 Å². The lowest BCUT2D eigenvalue weighted by Gasteiger charge is -2.10. The average molecular weight is 279 g/mol. The Morgan fingerprint density at radius 1 is 1.06 bits per heavy atom. The summed E-state index contributed by atoms with van der Waals surface area (Å²) in [7, 11) is 0. The van der Waals surface area contributed by atoms with Crippen LogP contribution in [0.4, 0.5) is 5.69 Å². The fraction of sp³-hybridized carbons (Fsp3) is 0. The van der Waals surface area contributed by atoms with Crippen LogP contribution < -0.4 is 10.5 Å². The van der Waals surface area contributed by atoms with Gasteiger partial charge in [-0.2, -0.15) is 5.26 Å². The largest absolute Gasteiger partial charge is 0.454 e. The second kappa shape index (κ2) is 5.18. The molecule has 0 unspecified atom stereocenters. The SMILES string of the molecule is N#Cc1ccc(Oc2cc(Cl)ccc2N)c(Cl)c1. The van der Waals surface area contributed by atoms with Crippen molar-refractivity contribution in [2.75, 3.05) is 5.73 Å². The van der Waals surface area contributed by atoms with Gasteiger partial charge in [-0.25, -0.2) is 0 Å². The molecule has 2 N–H and O–H groups in total. The summed E-state index contributed by atoms with van der Waals surface area (Å²) in [4.78, 5) is 0. The Kier molecular flexibility index (Phi) is 3.61. The molecule has 0 aliphatic carbocycles. The Bertz CT molecular complexity index is 635. The van der Waals surface area contributed by atoms with Gasteiger partial charge in [0.05, 0.1) is 22.3 Å². The summed E-state index contributed by atoms with van der Waals surface area (Å²) < 4.78 is 5.57. The van der Waals surface area contributed by atoms with E-state index in [0.29, 0.717) is 32.8 Å². The van der Waals surface area contributed by atoms with Gasteiger partial charge in [-0.05, 0) is 30.3 Å². The summed E-state index contributed by atoms with van der Waals surface area (Å²) in [5, 5.41) is 9.59. The zero-order valence-electron chi connectivity index (χ0n) is 9.15. The number of hydrogen-bond acceptors (Lipinski definition) is 3. The number of nitrogens with two attached hydrogens (primary N) is 1. The fourth-order valence-electron chi connectivity index (χ4n) is 1.37. The molecule has 0 atom stereocenters. The first kappa shape index (κ1) is 12.6. The van der Waals surface area contributed by atoms with Crippen molar-refractivity contribution in [1.29, 1.82) is 5.26 Å². The Morgan fingerprint density at radius 3 is 2.50 bits per heavy atom. The number of rotatable bonds is 2. The smallest absolute Gasteiger partial charge is 0.151 e. The van der Waals surface area contributed by atoms with Crippen LogP contribution in [0.2, 0.25) is 10.0 Å². The zero-order chi connectivity index (χ0) is 13.1. The molecule has 90 valence electrons. The number of benzene rings is 2. The molecule has 2 aromatic carbocycles. The molecule has 0 bridgehead atoms. The van der Waals surface area contributed by atoms with E-state index in [1.807, 2.05) is 6.07 Å². The molecule has 2 aromatic rings. The molecule has 0 aliphatic heterocycles. The maximum atomic E-state index is 8.74. The van der Waals surface area contributed by atoms with Gasteiger partial charge < -0.3 is 10.5 Å². The van der Waals surface area contributed by atoms with Gasteiger partial charge in [0.15, 0.2) is 5.75 Å². The van der Waals surface area contributed by atoms with Gasteiger partial charge in [-0.15, -0.1) is 0 Å². The highest BCUT2D eigenvalue weighted by Gasteiger charge is 2.07. The van der Waals surface area contributed by atoms with E-state index < -0.39 is 0 Å². The van der Waals surface area contributed by atoms with E-state index in [2.05, 4.69) is 0 Å². The predicted molar refractivity (Wildman–Crippen MR) is 72.1 cm³/mol. The Balaban J connectivity index is 2.34. The van der Waals surface area contributed by atoms with E-state index in [0.717, 1.165) is 0 Å². The lowest BCUT2D eigenvalue weighted by Crippen LogP contribution is -1.92. The topological polar surface area (TPSA) is 59.0 Å². The minimum atomic E-state index is 0.341. The summed E-state index contributed by atoms with van der Waals surface area (Å²) in [5.41, 5.74) is 6.69. The van der Waals surface area contributed by atoms with Crippen LogP contribution in [0.5, 0.6) is 11.5 Å². The van der Waals surface area contributed by atoms with Crippen molar-refractivity contribution >= 4 is 28.9 Å². The maximum absolute atomic E-state index is 8.74. The molecule has 0 spiro atoms. The van der Waals surface area contributed by atoms with Crippen LogP contribution in [0.25, 0.3) is 0 Å². The van der Waals surface area contributed by atoms with Gasteiger partial charge in [0.2, 0.25) is 0 Å². The van der Waals surface area contributed by atoms with Gasteiger partial charge in [-0.1, -0.05) is 23.2 Å². The van der Waals surface area contributed by atoms with E-state index in [-0.39, 0.29) is 0 Å². The monoisotopic (exact) mass is 278 g/mol. The number of nitrogen functional groups attached to an aromatic ring is 1. The van der Waals surface area contributed by atoms with Crippen molar-refractivity contribution in [2.24, 2.45) is 0 Å². The predicted octanol–water partition coefficient (Wildman–Crippen LogP) is 4.24. The third-order valence-corrected chi connectivity index (χ3v) is 2.79. The molecule has 3 nitrogen and oxygen atoms in total.